The third kappa shape index (κ3) is 1.93. The summed E-state index contributed by atoms with van der Waals surface area (Å²) in [5.74, 6) is -1.31. The minimum atomic E-state index is -1.30. The average Bonchev–Trinajstić information content (AvgIpc) is 3.05. The third-order valence-electron chi connectivity index (χ3n) is 4.60. The Hall–Kier alpha value is -2.00. The molecule has 0 saturated carbocycles. The maximum absolute atomic E-state index is 12.3. The molecular weight excluding hydrogens is 304 g/mol. The predicted molar refractivity (Wildman–Crippen MR) is 76.5 cm³/mol. The van der Waals surface area contributed by atoms with Gasteiger partial charge in [0.05, 0.1) is 6.61 Å². The van der Waals surface area contributed by atoms with Crippen LogP contribution in [0.15, 0.2) is 12.3 Å². The molecule has 3 aliphatic rings. The second kappa shape index (κ2) is 5.00. The summed E-state index contributed by atoms with van der Waals surface area (Å²) < 4.78 is 6.91. The van der Waals surface area contributed by atoms with E-state index in [0.717, 1.165) is 5.56 Å². The largest absolute Gasteiger partial charge is 0.394 e. The van der Waals surface area contributed by atoms with Crippen LogP contribution in [0.4, 0.5) is 0 Å². The summed E-state index contributed by atoms with van der Waals surface area (Å²) in [7, 11) is 0. The van der Waals surface area contributed by atoms with Crippen molar-refractivity contribution in [1.82, 2.24) is 9.88 Å². The minimum Gasteiger partial charge on any atom is -0.394 e. The first-order valence-corrected chi connectivity index (χ1v) is 7.43. The molecule has 23 heavy (non-hydrogen) atoms. The average molecular weight is 320 g/mol. The lowest BCUT2D eigenvalue weighted by Crippen LogP contribution is -2.34. The summed E-state index contributed by atoms with van der Waals surface area (Å²) in [6, 6.07) is 0. The Morgan fingerprint density at radius 2 is 2.09 bits per heavy atom. The number of aliphatic hydroxyl groups is 3. The predicted octanol–water partition coefficient (Wildman–Crippen LogP) is -1.65. The molecule has 1 unspecified atom stereocenters. The zero-order chi connectivity index (χ0) is 16.3. The zero-order valence-corrected chi connectivity index (χ0v) is 12.1. The Balaban J connectivity index is 1.85. The van der Waals surface area contributed by atoms with Crippen molar-refractivity contribution < 1.29 is 29.6 Å². The van der Waals surface area contributed by atoms with Crippen LogP contribution in [0.25, 0.3) is 5.70 Å². The molecule has 0 spiro atoms. The number of hydrogen-bond acceptors (Lipinski definition) is 7. The summed E-state index contributed by atoms with van der Waals surface area (Å²) in [6.45, 7) is 0.185. The Bertz CT molecular complexity index is 737. The molecule has 2 aliphatic heterocycles. The van der Waals surface area contributed by atoms with Crippen LogP contribution in [-0.4, -0.2) is 62.9 Å². The molecule has 1 aromatic heterocycles. The number of carbonyl (C=O) groups is 2. The van der Waals surface area contributed by atoms with Crippen LogP contribution >= 0.6 is 0 Å². The van der Waals surface area contributed by atoms with Crippen molar-refractivity contribution in [2.45, 2.75) is 31.0 Å². The molecule has 1 fully saturated rings. The number of ether oxygens (including phenoxy) is 1. The summed E-state index contributed by atoms with van der Waals surface area (Å²) in [5.41, 5.74) is 2.28. The number of hydrogen-bond donors (Lipinski definition) is 4. The molecule has 1 aromatic rings. The van der Waals surface area contributed by atoms with Crippen molar-refractivity contribution in [3.63, 3.8) is 0 Å². The van der Waals surface area contributed by atoms with Crippen LogP contribution in [-0.2, 0) is 16.0 Å². The second-order valence-electron chi connectivity index (χ2n) is 5.94. The quantitative estimate of drug-likeness (QED) is 0.482. The molecule has 4 N–H and O–H groups in total. The van der Waals surface area contributed by atoms with Crippen LogP contribution in [0.1, 0.15) is 27.8 Å². The van der Waals surface area contributed by atoms with Crippen molar-refractivity contribution in [2.75, 3.05) is 13.2 Å². The highest BCUT2D eigenvalue weighted by molar-refractivity contribution is 6.50. The highest BCUT2D eigenvalue weighted by Gasteiger charge is 2.46. The maximum atomic E-state index is 12.3. The van der Waals surface area contributed by atoms with E-state index in [2.05, 4.69) is 5.32 Å². The van der Waals surface area contributed by atoms with Gasteiger partial charge in [-0.15, -0.1) is 0 Å². The van der Waals surface area contributed by atoms with Gasteiger partial charge in [-0.1, -0.05) is 0 Å². The molecule has 4 atom stereocenters. The van der Waals surface area contributed by atoms with E-state index < -0.39 is 42.7 Å². The third-order valence-corrected chi connectivity index (χ3v) is 4.60. The van der Waals surface area contributed by atoms with Gasteiger partial charge in [-0.25, -0.2) is 0 Å². The van der Waals surface area contributed by atoms with E-state index in [1.165, 1.54) is 10.6 Å². The summed E-state index contributed by atoms with van der Waals surface area (Å²) in [6.07, 6.45) is -0.904. The lowest BCUT2D eigenvalue weighted by molar-refractivity contribution is -0.111. The summed E-state index contributed by atoms with van der Waals surface area (Å²) in [5, 5.41) is 32.4. The molecule has 4 rings (SSSR count). The molecule has 3 heterocycles. The monoisotopic (exact) mass is 320 g/mol. The molecule has 0 bridgehead atoms. The fourth-order valence-corrected chi connectivity index (χ4v) is 3.47. The fraction of sp³-hybridized carbons (Fsp3) is 0.467. The Morgan fingerprint density at radius 1 is 1.30 bits per heavy atom. The SMILES string of the molecule is O=C1C=C2NCCc3cn(C4O[C@H](CO)[C@@H](O)[C@H]4O)c(c32)C1=O. The number of nitrogens with one attached hydrogen (secondary N) is 1. The van der Waals surface area contributed by atoms with Gasteiger partial charge < -0.3 is 29.9 Å². The molecule has 8 heteroatoms. The lowest BCUT2D eigenvalue weighted by atomic mass is 9.93. The molecule has 122 valence electrons. The van der Waals surface area contributed by atoms with Gasteiger partial charge in [0.2, 0.25) is 11.6 Å². The van der Waals surface area contributed by atoms with E-state index in [-0.39, 0.29) is 5.69 Å². The van der Waals surface area contributed by atoms with E-state index in [0.29, 0.717) is 24.2 Å². The number of Topliss-reactive ketones (excluding diaryl/α,β-unsaturated/α-hetero) is 1. The lowest BCUT2D eigenvalue weighted by Gasteiger charge is -2.23. The standard InChI is InChI=1S/C15H16N2O6/c18-5-9-13(21)14(22)15(23-9)17-4-6-1-2-16-7-3-8(19)12(20)11(17)10(6)7/h3-4,9,13-16,18,21-22H,1-2,5H2/t9-,13-,14-,15?/m1/s1. The van der Waals surface area contributed by atoms with Crippen molar-refractivity contribution >= 4 is 17.3 Å². The van der Waals surface area contributed by atoms with Crippen molar-refractivity contribution in [3.05, 3.63) is 29.1 Å². The van der Waals surface area contributed by atoms with Crippen molar-refractivity contribution in [1.29, 1.82) is 0 Å². The van der Waals surface area contributed by atoms with Gasteiger partial charge in [0.25, 0.3) is 0 Å². The normalized spacial score (nSPS) is 32.6. The van der Waals surface area contributed by atoms with Gasteiger partial charge in [-0.2, -0.15) is 0 Å². The molecule has 8 nitrogen and oxygen atoms in total. The smallest absolute Gasteiger partial charge is 0.250 e. The highest BCUT2D eigenvalue weighted by atomic mass is 16.6. The second-order valence-corrected chi connectivity index (χ2v) is 5.94. The number of carbonyl (C=O) groups excluding carboxylic acids is 2. The van der Waals surface area contributed by atoms with Gasteiger partial charge in [-0.3, -0.25) is 9.59 Å². The maximum Gasteiger partial charge on any atom is 0.250 e. The van der Waals surface area contributed by atoms with Gasteiger partial charge in [0.15, 0.2) is 6.23 Å². The van der Waals surface area contributed by atoms with Crippen LogP contribution in [0.2, 0.25) is 0 Å². The van der Waals surface area contributed by atoms with E-state index in [1.807, 2.05) is 0 Å². The molecular formula is C15H16N2O6. The molecule has 0 amide bonds. The zero-order valence-electron chi connectivity index (χ0n) is 12.1. The van der Waals surface area contributed by atoms with Gasteiger partial charge in [0, 0.05) is 30.1 Å². The minimum absolute atomic E-state index is 0.157. The number of aliphatic hydroxyl groups excluding tert-OH is 3. The Labute approximate surface area is 131 Å². The number of ketones is 2. The van der Waals surface area contributed by atoms with E-state index in [9.17, 15) is 24.9 Å². The van der Waals surface area contributed by atoms with Crippen molar-refractivity contribution in [3.8, 4) is 0 Å². The van der Waals surface area contributed by atoms with Crippen molar-refractivity contribution in [2.24, 2.45) is 0 Å². The highest BCUT2D eigenvalue weighted by Crippen LogP contribution is 2.37. The molecule has 1 aliphatic carbocycles. The number of nitrogens with zero attached hydrogens (tertiary/aromatic N) is 1. The van der Waals surface area contributed by atoms with Gasteiger partial charge in [-0.05, 0) is 12.0 Å². The van der Waals surface area contributed by atoms with Crippen LogP contribution in [0, 0.1) is 0 Å². The first-order chi connectivity index (χ1) is 11.0. The van der Waals surface area contributed by atoms with Gasteiger partial charge in [0.1, 0.15) is 24.0 Å². The number of allylic oxidation sites excluding steroid dienone is 1. The summed E-state index contributed by atoms with van der Waals surface area (Å²) >= 11 is 0. The van der Waals surface area contributed by atoms with Crippen LogP contribution in [0.5, 0.6) is 0 Å². The molecule has 0 radical (unpaired) electrons. The van der Waals surface area contributed by atoms with E-state index in [4.69, 9.17) is 4.74 Å². The topological polar surface area (TPSA) is 121 Å². The Kier molecular flexibility index (Phi) is 3.17. The van der Waals surface area contributed by atoms with E-state index >= 15 is 0 Å². The molecule has 1 saturated heterocycles. The number of aromatic nitrogens is 1. The van der Waals surface area contributed by atoms with Gasteiger partial charge >= 0.3 is 0 Å². The first kappa shape index (κ1) is 14.6. The fourth-order valence-electron chi connectivity index (χ4n) is 3.47. The number of rotatable bonds is 2. The van der Waals surface area contributed by atoms with Crippen LogP contribution in [0.3, 0.4) is 0 Å². The molecule has 0 aromatic carbocycles. The van der Waals surface area contributed by atoms with E-state index in [1.54, 1.807) is 6.20 Å². The summed E-state index contributed by atoms with van der Waals surface area (Å²) in [4.78, 5) is 24.3. The Morgan fingerprint density at radius 3 is 2.78 bits per heavy atom. The first-order valence-electron chi connectivity index (χ1n) is 7.43. The van der Waals surface area contributed by atoms with Crippen LogP contribution < -0.4 is 5.32 Å².